The molecule has 0 aromatic heterocycles. The van der Waals surface area contributed by atoms with Crippen LogP contribution in [0.5, 0.6) is 0 Å². The van der Waals surface area contributed by atoms with Crippen molar-refractivity contribution in [3.8, 4) is 0 Å². The summed E-state index contributed by atoms with van der Waals surface area (Å²) in [6.45, 7) is -0.656. The lowest BCUT2D eigenvalue weighted by Crippen LogP contribution is -2.35. The van der Waals surface area contributed by atoms with Gasteiger partial charge in [-0.25, -0.2) is 4.67 Å². The van der Waals surface area contributed by atoms with Gasteiger partial charge in [0, 0.05) is 0 Å². The fraction of sp³-hybridized carbons (Fsp3) is 1.00. The van der Waals surface area contributed by atoms with Gasteiger partial charge in [0.05, 0.1) is 0 Å². The molecule has 98 valence electrons. The molecule has 0 saturated heterocycles. The van der Waals surface area contributed by atoms with Gasteiger partial charge in [0.25, 0.3) is 0 Å². The zero-order chi connectivity index (χ0) is 13.1. The Bertz CT molecular complexity index is 257. The number of ether oxygens (including phenoxy) is 1. The average Bonchev–Trinajstić information content (AvgIpc) is 2.10. The summed E-state index contributed by atoms with van der Waals surface area (Å²) in [4.78, 5) is 0. The number of alkyl halides is 3. The molecule has 16 heavy (non-hydrogen) atoms. The van der Waals surface area contributed by atoms with Crippen molar-refractivity contribution in [2.24, 2.45) is 0 Å². The van der Waals surface area contributed by atoms with Gasteiger partial charge in [-0.3, -0.25) is 19.2 Å². The highest BCUT2D eigenvalue weighted by atomic mass is 31.2. The predicted octanol–water partition coefficient (Wildman–Crippen LogP) is 2.06. The van der Waals surface area contributed by atoms with Crippen LogP contribution in [0.2, 0.25) is 0 Å². The van der Waals surface area contributed by atoms with Crippen LogP contribution in [0.15, 0.2) is 0 Å². The van der Waals surface area contributed by atoms with Gasteiger partial charge >= 0.3 is 6.36 Å². The van der Waals surface area contributed by atoms with Gasteiger partial charge in [-0.2, -0.15) is 0 Å². The number of nitrogens with zero attached hydrogens (tertiary/aromatic N) is 3. The summed E-state index contributed by atoms with van der Waals surface area (Å²) >= 11 is 0. The topological polar surface area (TPSA) is 42.8 Å². The summed E-state index contributed by atoms with van der Waals surface area (Å²) in [6.07, 6.45) is -4.67. The van der Waals surface area contributed by atoms with Crippen LogP contribution in [0, 0.1) is 5.16 Å². The fourth-order valence-electron chi connectivity index (χ4n) is 1.22. The van der Waals surface area contributed by atoms with Crippen molar-refractivity contribution < 1.29 is 17.9 Å². The van der Waals surface area contributed by atoms with E-state index in [2.05, 4.69) is 4.74 Å². The molecular weight excluding hydrogens is 244 g/mol. The molecular formula is C7H18F3N4OP. The summed E-state index contributed by atoms with van der Waals surface area (Å²) in [7, 11) is 5.40. The highest BCUT2D eigenvalue weighted by Crippen LogP contribution is 2.52. The van der Waals surface area contributed by atoms with E-state index in [4.69, 9.17) is 5.16 Å². The Morgan fingerprint density at radius 3 is 1.69 bits per heavy atom. The Hall–Kier alpha value is -0.140. The van der Waals surface area contributed by atoms with E-state index in [9.17, 15) is 13.2 Å². The SMILES string of the molecule is CN(C)P(=N)(N(C)C)N(C)COC(F)(F)F. The molecule has 0 radical (unpaired) electrons. The highest BCUT2D eigenvalue weighted by molar-refractivity contribution is 7.57. The molecule has 0 atom stereocenters. The van der Waals surface area contributed by atoms with E-state index in [1.807, 2.05) is 0 Å². The third-order valence-corrected chi connectivity index (χ3v) is 5.31. The van der Waals surface area contributed by atoms with Crippen molar-refractivity contribution in [1.29, 1.82) is 5.16 Å². The molecule has 0 aromatic rings. The molecule has 9 heteroatoms. The number of hydrogen-bond donors (Lipinski definition) is 1. The Morgan fingerprint density at radius 1 is 1.06 bits per heavy atom. The standard InChI is InChI=1S/C7H18F3N4OP/c1-12(2)16(11,13(3)4)14(5)6-15-7(8,9)10/h11H,6H2,1-5H3. The maximum absolute atomic E-state index is 11.9. The average molecular weight is 262 g/mol. The van der Waals surface area contributed by atoms with Crippen molar-refractivity contribution in [2.75, 3.05) is 42.0 Å². The number of nitrogens with one attached hydrogen (secondary N) is 1. The van der Waals surface area contributed by atoms with Gasteiger partial charge in [-0.15, -0.1) is 13.2 Å². The summed E-state index contributed by atoms with van der Waals surface area (Å²) < 4.78 is 43.8. The Morgan fingerprint density at radius 2 is 1.44 bits per heavy atom. The molecule has 0 aliphatic rings. The largest absolute Gasteiger partial charge is 0.523 e. The number of halogens is 3. The summed E-state index contributed by atoms with van der Waals surface area (Å²) in [5.74, 6) is 0. The predicted molar refractivity (Wildman–Crippen MR) is 56.8 cm³/mol. The second kappa shape index (κ2) is 5.46. The lowest BCUT2D eigenvalue weighted by atomic mass is 11.1. The first-order valence-electron chi connectivity index (χ1n) is 4.44. The van der Waals surface area contributed by atoms with Crippen molar-refractivity contribution in [3.63, 3.8) is 0 Å². The number of rotatable bonds is 5. The van der Waals surface area contributed by atoms with E-state index in [1.54, 1.807) is 37.5 Å². The normalized spacial score (nSPS) is 14.2. The van der Waals surface area contributed by atoms with Crippen molar-refractivity contribution in [1.82, 2.24) is 14.0 Å². The minimum Gasteiger partial charge on any atom is -0.277 e. The van der Waals surface area contributed by atoms with E-state index in [-0.39, 0.29) is 0 Å². The molecule has 5 nitrogen and oxygen atoms in total. The van der Waals surface area contributed by atoms with Crippen LogP contribution in [-0.2, 0) is 4.74 Å². The molecule has 0 aromatic carbocycles. The van der Waals surface area contributed by atoms with Crippen LogP contribution in [0.3, 0.4) is 0 Å². The first-order chi connectivity index (χ1) is 7.01. The van der Waals surface area contributed by atoms with E-state index in [1.165, 1.54) is 11.7 Å². The van der Waals surface area contributed by atoms with Gasteiger partial charge in [0.2, 0.25) is 0 Å². The van der Waals surface area contributed by atoms with Crippen LogP contribution in [-0.4, -0.2) is 62.3 Å². The summed E-state index contributed by atoms with van der Waals surface area (Å²) in [5.41, 5.74) is 0. The molecule has 1 N–H and O–H groups in total. The molecule has 0 saturated carbocycles. The van der Waals surface area contributed by atoms with E-state index < -0.39 is 20.6 Å². The first kappa shape index (κ1) is 15.9. The monoisotopic (exact) mass is 262 g/mol. The Balaban J connectivity index is 4.66. The maximum atomic E-state index is 11.9. The van der Waals surface area contributed by atoms with Gasteiger partial charge < -0.3 is 0 Å². The molecule has 0 unspecified atom stereocenters. The second-order valence-corrected chi connectivity index (χ2v) is 7.06. The van der Waals surface area contributed by atoms with Gasteiger partial charge in [-0.1, -0.05) is 0 Å². The molecule has 0 bridgehead atoms. The van der Waals surface area contributed by atoms with Crippen molar-refractivity contribution in [3.05, 3.63) is 0 Å². The van der Waals surface area contributed by atoms with Crippen LogP contribution >= 0.6 is 7.51 Å². The van der Waals surface area contributed by atoms with E-state index >= 15 is 0 Å². The van der Waals surface area contributed by atoms with Crippen LogP contribution in [0.1, 0.15) is 0 Å². The number of hydrogen-bond acceptors (Lipinski definition) is 2. The quantitative estimate of drug-likeness (QED) is 0.608. The maximum Gasteiger partial charge on any atom is 0.523 e. The van der Waals surface area contributed by atoms with Gasteiger partial charge in [0.15, 0.2) is 7.51 Å². The van der Waals surface area contributed by atoms with Crippen LogP contribution in [0.25, 0.3) is 0 Å². The van der Waals surface area contributed by atoms with Crippen LogP contribution < -0.4 is 0 Å². The zero-order valence-corrected chi connectivity index (χ0v) is 10.9. The third-order valence-electron chi connectivity index (χ3n) is 2.01. The molecule has 0 fully saturated rings. The first-order valence-corrected chi connectivity index (χ1v) is 6.08. The molecule has 0 spiro atoms. The third kappa shape index (κ3) is 4.03. The molecule has 0 aliphatic carbocycles. The molecule has 0 aliphatic heterocycles. The minimum atomic E-state index is -4.67. The second-order valence-electron chi connectivity index (χ2n) is 3.64. The lowest BCUT2D eigenvalue weighted by Gasteiger charge is -2.40. The van der Waals surface area contributed by atoms with E-state index in [0.29, 0.717) is 0 Å². The van der Waals surface area contributed by atoms with Gasteiger partial charge in [0.1, 0.15) is 6.73 Å². The van der Waals surface area contributed by atoms with Gasteiger partial charge in [-0.05, 0) is 35.2 Å². The van der Waals surface area contributed by atoms with Crippen molar-refractivity contribution in [2.45, 2.75) is 6.36 Å². The summed E-state index contributed by atoms with van der Waals surface area (Å²) in [6, 6.07) is 0. The molecule has 0 heterocycles. The Kier molecular flexibility index (Phi) is 5.41. The lowest BCUT2D eigenvalue weighted by molar-refractivity contribution is -0.332. The zero-order valence-electron chi connectivity index (χ0n) is 10.0. The smallest absolute Gasteiger partial charge is 0.277 e. The highest BCUT2D eigenvalue weighted by Gasteiger charge is 2.34. The van der Waals surface area contributed by atoms with E-state index in [0.717, 1.165) is 0 Å². The van der Waals surface area contributed by atoms with Crippen LogP contribution in [0.4, 0.5) is 13.2 Å². The van der Waals surface area contributed by atoms with Crippen molar-refractivity contribution >= 4 is 7.51 Å². The fourth-order valence-corrected chi connectivity index (χ4v) is 3.37. The minimum absolute atomic E-state index is 0.656. The molecule has 0 amide bonds. The Labute approximate surface area is 93.8 Å². The molecule has 0 rings (SSSR count). The summed E-state index contributed by atoms with van der Waals surface area (Å²) in [5, 5.41) is 8.19.